The highest BCUT2D eigenvalue weighted by Gasteiger charge is 2.12. The van der Waals surface area contributed by atoms with E-state index in [9.17, 15) is 4.79 Å². The number of para-hydroxylation sites is 1. The normalized spacial score (nSPS) is 11.2. The molecule has 1 rings (SSSR count). The van der Waals surface area contributed by atoms with Crippen molar-refractivity contribution in [2.75, 3.05) is 0 Å². The summed E-state index contributed by atoms with van der Waals surface area (Å²) in [6.07, 6.45) is 0. The maximum Gasteiger partial charge on any atom is 0.319 e. The van der Waals surface area contributed by atoms with Gasteiger partial charge in [-0.2, -0.15) is 0 Å². The fraction of sp³-hybridized carbons (Fsp3) is 0.222. The van der Waals surface area contributed by atoms with Crippen LogP contribution in [0.4, 0.5) is 0 Å². The summed E-state index contributed by atoms with van der Waals surface area (Å²) in [7, 11) is 0. The molecule has 0 spiro atoms. The molecule has 0 saturated heterocycles. The molecule has 0 aliphatic rings. The van der Waals surface area contributed by atoms with Gasteiger partial charge in [-0.05, 0) is 24.6 Å². The Morgan fingerprint density at radius 2 is 2.14 bits per heavy atom. The van der Waals surface area contributed by atoms with E-state index >= 15 is 0 Å². The lowest BCUT2D eigenvalue weighted by Crippen LogP contribution is -2.20. The summed E-state index contributed by atoms with van der Waals surface area (Å²) in [5, 5.41) is 3.23. The van der Waals surface area contributed by atoms with Crippen molar-refractivity contribution in [1.29, 1.82) is 0 Å². The van der Waals surface area contributed by atoms with Crippen LogP contribution < -0.4 is 4.74 Å². The van der Waals surface area contributed by atoms with Crippen molar-refractivity contribution in [3.8, 4) is 5.75 Å². The summed E-state index contributed by atoms with van der Waals surface area (Å²) >= 11 is 0. The summed E-state index contributed by atoms with van der Waals surface area (Å²) < 4.78 is 4.92. The van der Waals surface area contributed by atoms with Crippen molar-refractivity contribution in [3.63, 3.8) is 0 Å². The second kappa shape index (κ2) is 4.89. The number of nitrogens with zero attached hydrogens (tertiary/aromatic N) is 3. The van der Waals surface area contributed by atoms with Gasteiger partial charge in [0.2, 0.25) is 0 Å². The summed E-state index contributed by atoms with van der Waals surface area (Å²) in [6, 6.07) is 7.82. The third kappa shape index (κ3) is 2.80. The Hall–Kier alpha value is -2.00. The number of azide groups is 1. The molecule has 1 aromatic rings. The average molecular weight is 191 g/mol. The summed E-state index contributed by atoms with van der Waals surface area (Å²) in [6.45, 7) is 1.48. The molecule has 0 fully saturated rings. The van der Waals surface area contributed by atoms with Crippen molar-refractivity contribution in [2.24, 2.45) is 5.11 Å². The van der Waals surface area contributed by atoms with Crippen molar-refractivity contribution in [1.82, 2.24) is 0 Å². The van der Waals surface area contributed by atoms with Crippen molar-refractivity contribution in [2.45, 2.75) is 13.0 Å². The third-order valence-corrected chi connectivity index (χ3v) is 1.53. The Morgan fingerprint density at radius 1 is 1.50 bits per heavy atom. The minimum absolute atomic E-state index is 0.442. The lowest BCUT2D eigenvalue weighted by atomic mass is 10.3. The molecule has 14 heavy (non-hydrogen) atoms. The molecule has 1 aromatic carbocycles. The van der Waals surface area contributed by atoms with Crippen LogP contribution in [0, 0.1) is 0 Å². The average Bonchev–Trinajstić information content (AvgIpc) is 2.19. The lowest BCUT2D eigenvalue weighted by molar-refractivity contribution is -0.135. The number of ether oxygens (including phenoxy) is 1. The maximum atomic E-state index is 11.2. The fourth-order valence-electron chi connectivity index (χ4n) is 0.815. The van der Waals surface area contributed by atoms with Crippen LogP contribution in [-0.2, 0) is 4.79 Å². The van der Waals surface area contributed by atoms with Gasteiger partial charge in [0.1, 0.15) is 11.8 Å². The van der Waals surface area contributed by atoms with E-state index in [4.69, 9.17) is 10.3 Å². The van der Waals surface area contributed by atoms with Crippen LogP contribution in [0.2, 0.25) is 0 Å². The van der Waals surface area contributed by atoms with Crippen molar-refractivity contribution >= 4 is 5.97 Å². The molecule has 0 unspecified atom stereocenters. The molecule has 0 saturated carbocycles. The molecule has 1 atom stereocenters. The van der Waals surface area contributed by atoms with E-state index in [1.165, 1.54) is 6.92 Å². The van der Waals surface area contributed by atoms with E-state index in [0.29, 0.717) is 5.75 Å². The largest absolute Gasteiger partial charge is 0.426 e. The Balaban J connectivity index is 2.62. The van der Waals surface area contributed by atoms with Crippen LogP contribution in [0.1, 0.15) is 6.92 Å². The maximum absolute atomic E-state index is 11.2. The minimum atomic E-state index is -0.805. The number of rotatable bonds is 3. The number of esters is 1. The van der Waals surface area contributed by atoms with Gasteiger partial charge in [-0.3, -0.25) is 4.79 Å². The molecule has 5 nitrogen and oxygen atoms in total. The Bertz CT molecular complexity index is 358. The third-order valence-electron chi connectivity index (χ3n) is 1.53. The molecular weight excluding hydrogens is 182 g/mol. The molecular formula is C9H9N3O2. The van der Waals surface area contributed by atoms with E-state index in [-0.39, 0.29) is 0 Å². The second-order valence-corrected chi connectivity index (χ2v) is 2.62. The van der Waals surface area contributed by atoms with Gasteiger partial charge in [0.15, 0.2) is 0 Å². The molecule has 0 radical (unpaired) electrons. The molecule has 0 amide bonds. The predicted molar refractivity (Wildman–Crippen MR) is 50.7 cm³/mol. The second-order valence-electron chi connectivity index (χ2n) is 2.62. The minimum Gasteiger partial charge on any atom is -0.426 e. The van der Waals surface area contributed by atoms with E-state index in [1.54, 1.807) is 24.3 Å². The first-order valence-electron chi connectivity index (χ1n) is 4.05. The molecule has 0 aliphatic carbocycles. The van der Waals surface area contributed by atoms with Gasteiger partial charge in [-0.1, -0.05) is 23.3 Å². The van der Waals surface area contributed by atoms with Crippen LogP contribution in [-0.4, -0.2) is 12.0 Å². The Morgan fingerprint density at radius 3 is 2.71 bits per heavy atom. The molecule has 0 N–H and O–H groups in total. The SMILES string of the molecule is C[C@H](N=[N+]=[N-])C(=O)Oc1ccccc1. The fourth-order valence-corrected chi connectivity index (χ4v) is 0.815. The molecule has 0 aliphatic heterocycles. The van der Waals surface area contributed by atoms with E-state index in [0.717, 1.165) is 0 Å². The molecule has 0 heterocycles. The standard InChI is InChI=1S/C9H9N3O2/c1-7(11-12-10)9(13)14-8-5-3-2-4-6-8/h2-7H,1H3/t7-/m0/s1. The summed E-state index contributed by atoms with van der Waals surface area (Å²) in [4.78, 5) is 13.7. The van der Waals surface area contributed by atoms with Crippen LogP contribution in [0.15, 0.2) is 35.4 Å². The number of hydrogen-bond donors (Lipinski definition) is 0. The first-order chi connectivity index (χ1) is 6.74. The number of hydrogen-bond acceptors (Lipinski definition) is 3. The monoisotopic (exact) mass is 191 g/mol. The zero-order chi connectivity index (χ0) is 10.4. The van der Waals surface area contributed by atoms with Gasteiger partial charge < -0.3 is 4.74 Å². The van der Waals surface area contributed by atoms with Gasteiger partial charge in [0.05, 0.1) is 0 Å². The number of carbonyl (C=O) groups excluding carboxylic acids is 1. The first kappa shape index (κ1) is 10.1. The Labute approximate surface area is 80.9 Å². The van der Waals surface area contributed by atoms with E-state index < -0.39 is 12.0 Å². The lowest BCUT2D eigenvalue weighted by Gasteiger charge is -2.05. The highest BCUT2D eigenvalue weighted by Crippen LogP contribution is 2.09. The van der Waals surface area contributed by atoms with Crippen LogP contribution in [0.3, 0.4) is 0 Å². The summed E-state index contributed by atoms with van der Waals surface area (Å²) in [5.74, 6) is -0.119. The smallest absolute Gasteiger partial charge is 0.319 e. The molecule has 0 bridgehead atoms. The van der Waals surface area contributed by atoms with E-state index in [2.05, 4.69) is 10.0 Å². The topological polar surface area (TPSA) is 75.1 Å². The zero-order valence-electron chi connectivity index (χ0n) is 7.62. The highest BCUT2D eigenvalue weighted by molar-refractivity contribution is 5.77. The summed E-state index contributed by atoms with van der Waals surface area (Å²) in [5.41, 5.74) is 8.10. The van der Waals surface area contributed by atoms with Crippen molar-refractivity contribution < 1.29 is 9.53 Å². The van der Waals surface area contributed by atoms with Crippen LogP contribution in [0.5, 0.6) is 5.75 Å². The van der Waals surface area contributed by atoms with Gasteiger partial charge >= 0.3 is 5.97 Å². The Kier molecular flexibility index (Phi) is 3.52. The predicted octanol–water partition coefficient (Wildman–Crippen LogP) is 2.29. The van der Waals surface area contributed by atoms with Gasteiger partial charge in [0.25, 0.3) is 0 Å². The quantitative estimate of drug-likeness (QED) is 0.241. The molecule has 5 heteroatoms. The zero-order valence-corrected chi connectivity index (χ0v) is 7.62. The van der Waals surface area contributed by atoms with Gasteiger partial charge in [-0.25, -0.2) is 0 Å². The van der Waals surface area contributed by atoms with Gasteiger partial charge in [-0.15, -0.1) is 0 Å². The van der Waals surface area contributed by atoms with Crippen LogP contribution >= 0.6 is 0 Å². The van der Waals surface area contributed by atoms with Crippen molar-refractivity contribution in [3.05, 3.63) is 40.8 Å². The van der Waals surface area contributed by atoms with E-state index in [1.807, 2.05) is 6.07 Å². The number of carbonyl (C=O) groups is 1. The molecule has 0 aromatic heterocycles. The highest BCUT2D eigenvalue weighted by atomic mass is 16.5. The molecule has 72 valence electrons. The first-order valence-corrected chi connectivity index (χ1v) is 4.05. The van der Waals surface area contributed by atoms with Crippen LogP contribution in [0.25, 0.3) is 10.4 Å². The van der Waals surface area contributed by atoms with Gasteiger partial charge in [0, 0.05) is 4.91 Å². The number of benzene rings is 1.